The van der Waals surface area contributed by atoms with E-state index in [1.165, 1.54) is 0 Å². The molecule has 0 aliphatic rings. The average molecular weight is 597 g/mol. The summed E-state index contributed by atoms with van der Waals surface area (Å²) in [4.78, 5) is 0. The molecule has 8 heteroatoms. The Labute approximate surface area is 205 Å². The van der Waals surface area contributed by atoms with Gasteiger partial charge in [-0.2, -0.15) is 54.4 Å². The Hall–Kier alpha value is 3.37. The summed E-state index contributed by atoms with van der Waals surface area (Å²) in [5, 5.41) is 14.9. The standard InChI is InChI=1S/4C3H8N.4Zr/c4*1-3-4-2;;;;/h4*3H2,1-2H3;;;;/q4*-1;;;;. The summed E-state index contributed by atoms with van der Waals surface area (Å²) < 4.78 is 0. The Balaban J connectivity index is -0.0000000150. The molecule has 0 saturated heterocycles. The number of hydrogen-bond acceptors (Lipinski definition) is 0. The predicted octanol–water partition coefficient (Wildman–Crippen LogP) is 4.03. The summed E-state index contributed by atoms with van der Waals surface area (Å²) in [7, 11) is 7.22. The van der Waals surface area contributed by atoms with Gasteiger partial charge in [-0.15, -0.1) is 0 Å². The smallest absolute Gasteiger partial charge is 0 e. The third-order valence-electron chi connectivity index (χ3n) is 1.26. The largest absolute Gasteiger partial charge is 0.665 e. The fraction of sp³-hybridized carbons (Fsp3) is 1.00. The first-order valence-electron chi connectivity index (χ1n) is 5.88. The van der Waals surface area contributed by atoms with Gasteiger partial charge in [-0.3, -0.25) is 0 Å². The van der Waals surface area contributed by atoms with Crippen molar-refractivity contribution in [3.63, 3.8) is 0 Å². The normalized spacial score (nSPS) is 6.00. The minimum Gasteiger partial charge on any atom is -0.665 e. The quantitative estimate of drug-likeness (QED) is 0.471. The molecule has 0 unspecified atom stereocenters. The predicted molar refractivity (Wildman–Crippen MR) is 79.3 cm³/mol. The molecular formula is C12H32N4Zr4-4. The second-order valence-corrected chi connectivity index (χ2v) is 2.53. The van der Waals surface area contributed by atoms with Crippen LogP contribution in [-0.4, -0.2) is 54.4 Å². The molecule has 0 N–H and O–H groups in total. The molecule has 0 aromatic rings. The van der Waals surface area contributed by atoms with Gasteiger partial charge in [0.25, 0.3) is 0 Å². The van der Waals surface area contributed by atoms with Crippen LogP contribution in [0.3, 0.4) is 0 Å². The number of nitrogens with zero attached hydrogens (tertiary/aromatic N) is 4. The molecule has 0 spiro atoms. The summed E-state index contributed by atoms with van der Waals surface area (Å²) in [6.45, 7) is 11.8. The van der Waals surface area contributed by atoms with E-state index in [0.29, 0.717) is 0 Å². The van der Waals surface area contributed by atoms with Gasteiger partial charge in [0.1, 0.15) is 0 Å². The Morgan fingerprint density at radius 3 is 0.450 bits per heavy atom. The van der Waals surface area contributed by atoms with Crippen molar-refractivity contribution in [1.29, 1.82) is 0 Å². The molecule has 0 fully saturated rings. The van der Waals surface area contributed by atoms with E-state index in [1.807, 2.05) is 27.7 Å². The minimum absolute atomic E-state index is 0. The SMILES string of the molecule is CC[N-]C.CC[N-]C.CC[N-]C.CC[N-]C.[Zr].[Zr].[Zr].[Zr]. The van der Waals surface area contributed by atoms with E-state index < -0.39 is 0 Å². The number of hydrogen-bond donors (Lipinski definition) is 0. The fourth-order valence-electron chi connectivity index (χ4n) is 0. The second-order valence-electron chi connectivity index (χ2n) is 2.53. The van der Waals surface area contributed by atoms with Crippen molar-refractivity contribution in [2.24, 2.45) is 0 Å². The summed E-state index contributed by atoms with van der Waals surface area (Å²) in [6.07, 6.45) is 0. The molecule has 0 heterocycles. The summed E-state index contributed by atoms with van der Waals surface area (Å²) in [6, 6.07) is 0. The molecule has 120 valence electrons. The molecule has 0 amide bonds. The van der Waals surface area contributed by atoms with E-state index in [-0.39, 0.29) is 105 Å². The van der Waals surface area contributed by atoms with E-state index in [0.717, 1.165) is 26.2 Å². The summed E-state index contributed by atoms with van der Waals surface area (Å²) >= 11 is 0. The second kappa shape index (κ2) is 79.0. The zero-order chi connectivity index (χ0) is 13.7. The van der Waals surface area contributed by atoms with Crippen LogP contribution in [0.15, 0.2) is 0 Å². The first kappa shape index (κ1) is 49.5. The van der Waals surface area contributed by atoms with Crippen LogP contribution in [0.5, 0.6) is 0 Å². The van der Waals surface area contributed by atoms with E-state index in [4.69, 9.17) is 0 Å². The Morgan fingerprint density at radius 1 is 0.400 bits per heavy atom. The molecule has 0 aromatic carbocycles. The molecule has 0 rings (SSSR count). The number of rotatable bonds is 4. The maximum absolute atomic E-state index is 3.74. The van der Waals surface area contributed by atoms with E-state index in [2.05, 4.69) is 21.3 Å². The van der Waals surface area contributed by atoms with Gasteiger partial charge in [-0.05, 0) is 0 Å². The van der Waals surface area contributed by atoms with Gasteiger partial charge in [0.15, 0.2) is 0 Å². The van der Waals surface area contributed by atoms with Crippen LogP contribution in [0.25, 0.3) is 21.3 Å². The molecule has 0 aliphatic carbocycles. The van der Waals surface area contributed by atoms with E-state index in [9.17, 15) is 0 Å². The third kappa shape index (κ3) is 163. The molecule has 4 nitrogen and oxygen atoms in total. The molecule has 0 aromatic heterocycles. The first-order chi connectivity index (χ1) is 7.66. The van der Waals surface area contributed by atoms with Crippen molar-refractivity contribution in [3.05, 3.63) is 21.3 Å². The molecule has 0 bridgehead atoms. The van der Waals surface area contributed by atoms with Crippen LogP contribution >= 0.6 is 0 Å². The summed E-state index contributed by atoms with van der Waals surface area (Å²) in [5.74, 6) is 0. The molecule has 20 heavy (non-hydrogen) atoms. The van der Waals surface area contributed by atoms with Gasteiger partial charge in [-0.25, -0.2) is 0 Å². The van der Waals surface area contributed by atoms with Crippen molar-refractivity contribution in [2.45, 2.75) is 27.7 Å². The van der Waals surface area contributed by atoms with Crippen LogP contribution in [0.2, 0.25) is 0 Å². The van der Waals surface area contributed by atoms with Crippen molar-refractivity contribution in [3.8, 4) is 0 Å². The molecule has 0 aliphatic heterocycles. The topological polar surface area (TPSA) is 56.4 Å². The van der Waals surface area contributed by atoms with Gasteiger partial charge < -0.3 is 21.3 Å². The maximum Gasteiger partial charge on any atom is 0 e. The van der Waals surface area contributed by atoms with Crippen molar-refractivity contribution >= 4 is 0 Å². The van der Waals surface area contributed by atoms with Crippen LogP contribution in [0.4, 0.5) is 0 Å². The van der Waals surface area contributed by atoms with Gasteiger partial charge in [0.2, 0.25) is 0 Å². The van der Waals surface area contributed by atoms with Crippen molar-refractivity contribution in [2.75, 3.05) is 54.4 Å². The molecule has 0 atom stereocenters. The first-order valence-corrected chi connectivity index (χ1v) is 5.88. The monoisotopic (exact) mass is 592 g/mol. The molecule has 0 saturated carbocycles. The van der Waals surface area contributed by atoms with E-state index in [1.54, 1.807) is 28.2 Å². The van der Waals surface area contributed by atoms with Crippen LogP contribution in [0.1, 0.15) is 27.7 Å². The van der Waals surface area contributed by atoms with E-state index >= 15 is 0 Å². The molecular weight excluding hydrogens is 565 g/mol. The van der Waals surface area contributed by atoms with Crippen molar-refractivity contribution < 1.29 is 105 Å². The average Bonchev–Trinajstić information content (AvgIpc) is 2.39. The Morgan fingerprint density at radius 2 is 0.450 bits per heavy atom. The zero-order valence-corrected chi connectivity index (χ0v) is 24.4. The van der Waals surface area contributed by atoms with Gasteiger partial charge in [-0.1, -0.05) is 27.7 Å². The van der Waals surface area contributed by atoms with Gasteiger partial charge in [0, 0.05) is 105 Å². The maximum atomic E-state index is 3.74. The van der Waals surface area contributed by atoms with Gasteiger partial charge >= 0.3 is 0 Å². The summed E-state index contributed by atoms with van der Waals surface area (Å²) in [5.41, 5.74) is 0. The van der Waals surface area contributed by atoms with Crippen LogP contribution in [0, 0.1) is 0 Å². The third-order valence-corrected chi connectivity index (χ3v) is 1.26. The van der Waals surface area contributed by atoms with Crippen LogP contribution in [-0.2, 0) is 105 Å². The fourth-order valence-corrected chi connectivity index (χ4v) is 0. The zero-order valence-electron chi connectivity index (χ0n) is 14.6. The van der Waals surface area contributed by atoms with Crippen molar-refractivity contribution in [1.82, 2.24) is 0 Å². The Bertz CT molecular complexity index is 51.4. The molecule has 0 radical (unpaired) electrons. The van der Waals surface area contributed by atoms with Gasteiger partial charge in [0.05, 0.1) is 0 Å². The van der Waals surface area contributed by atoms with Crippen LogP contribution < -0.4 is 0 Å². The Kier molecular flexibility index (Phi) is 196. The minimum atomic E-state index is 0.